The van der Waals surface area contributed by atoms with Crippen LogP contribution in [0.4, 0.5) is 0 Å². The SMILES string of the molecule is COCCONNCOC. The van der Waals surface area contributed by atoms with Crippen LogP contribution < -0.4 is 11.0 Å². The Hall–Kier alpha value is -0.200. The van der Waals surface area contributed by atoms with Crippen molar-refractivity contribution in [2.45, 2.75) is 0 Å². The third-order valence-corrected chi connectivity index (χ3v) is 0.750. The van der Waals surface area contributed by atoms with Crippen molar-refractivity contribution in [3.63, 3.8) is 0 Å². The maximum absolute atomic E-state index is 4.81. The Morgan fingerprint density at radius 3 is 2.50 bits per heavy atom. The number of rotatable bonds is 7. The van der Waals surface area contributed by atoms with Crippen molar-refractivity contribution >= 4 is 0 Å². The zero-order chi connectivity index (χ0) is 7.66. The van der Waals surface area contributed by atoms with Crippen molar-refractivity contribution in [2.24, 2.45) is 0 Å². The first-order chi connectivity index (χ1) is 4.91. The van der Waals surface area contributed by atoms with Crippen molar-refractivity contribution in [2.75, 3.05) is 34.2 Å². The summed E-state index contributed by atoms with van der Waals surface area (Å²) in [4.78, 5) is 4.81. The van der Waals surface area contributed by atoms with Gasteiger partial charge in [0.15, 0.2) is 0 Å². The highest BCUT2D eigenvalue weighted by Gasteiger charge is 1.83. The van der Waals surface area contributed by atoms with Gasteiger partial charge in [0.2, 0.25) is 0 Å². The molecule has 0 aromatic heterocycles. The predicted octanol–water partition coefficient (Wildman–Crippen LogP) is -0.737. The molecular formula is C5H14N2O3. The number of methoxy groups -OCH3 is 2. The van der Waals surface area contributed by atoms with E-state index in [-0.39, 0.29) is 0 Å². The monoisotopic (exact) mass is 150 g/mol. The quantitative estimate of drug-likeness (QED) is 0.284. The smallest absolute Gasteiger partial charge is 0.111 e. The van der Waals surface area contributed by atoms with Crippen LogP contribution in [-0.2, 0) is 14.3 Å². The predicted molar refractivity (Wildman–Crippen MR) is 36.0 cm³/mol. The summed E-state index contributed by atoms with van der Waals surface area (Å²) in [7, 11) is 3.20. The first-order valence-corrected chi connectivity index (χ1v) is 2.99. The topological polar surface area (TPSA) is 51.8 Å². The van der Waals surface area contributed by atoms with Crippen LogP contribution in [0.15, 0.2) is 0 Å². The molecule has 0 bridgehead atoms. The minimum Gasteiger partial charge on any atom is -0.382 e. The fraction of sp³-hybridized carbons (Fsp3) is 1.00. The number of nitrogens with one attached hydrogen (secondary N) is 2. The lowest BCUT2D eigenvalue weighted by molar-refractivity contribution is -0.0331. The van der Waals surface area contributed by atoms with Gasteiger partial charge >= 0.3 is 0 Å². The molecule has 0 saturated carbocycles. The van der Waals surface area contributed by atoms with E-state index in [0.29, 0.717) is 19.9 Å². The molecule has 0 aliphatic heterocycles. The summed E-state index contributed by atoms with van der Waals surface area (Å²) in [5.74, 6) is 0. The van der Waals surface area contributed by atoms with Crippen molar-refractivity contribution in [3.05, 3.63) is 0 Å². The van der Waals surface area contributed by atoms with Crippen LogP contribution in [0.25, 0.3) is 0 Å². The molecule has 0 radical (unpaired) electrons. The van der Waals surface area contributed by atoms with E-state index in [0.717, 1.165) is 0 Å². The van der Waals surface area contributed by atoms with E-state index >= 15 is 0 Å². The van der Waals surface area contributed by atoms with Gasteiger partial charge in [-0.3, -0.25) is 4.84 Å². The summed E-state index contributed by atoms with van der Waals surface area (Å²) < 4.78 is 9.39. The Morgan fingerprint density at radius 1 is 1.10 bits per heavy atom. The van der Waals surface area contributed by atoms with Gasteiger partial charge in [-0.15, -0.1) is 5.59 Å². The molecule has 5 heteroatoms. The molecule has 0 aliphatic carbocycles. The Bertz CT molecular complexity index is 54.9. The Labute approximate surface area is 60.6 Å². The second kappa shape index (κ2) is 8.80. The van der Waals surface area contributed by atoms with Gasteiger partial charge in [0.1, 0.15) is 6.73 Å². The molecule has 0 spiro atoms. The highest BCUT2D eigenvalue weighted by atomic mass is 16.7. The lowest BCUT2D eigenvalue weighted by atomic mass is 10.8. The largest absolute Gasteiger partial charge is 0.382 e. The first-order valence-electron chi connectivity index (χ1n) is 2.99. The highest BCUT2D eigenvalue weighted by Crippen LogP contribution is 1.67. The van der Waals surface area contributed by atoms with Crippen molar-refractivity contribution in [1.29, 1.82) is 0 Å². The summed E-state index contributed by atoms with van der Waals surface area (Å²) in [6.45, 7) is 1.49. The molecule has 5 nitrogen and oxygen atoms in total. The average molecular weight is 150 g/mol. The summed E-state index contributed by atoms with van der Waals surface area (Å²) in [5, 5.41) is 0. The molecule has 0 saturated heterocycles. The molecular weight excluding hydrogens is 136 g/mol. The Morgan fingerprint density at radius 2 is 1.90 bits per heavy atom. The fourth-order valence-corrected chi connectivity index (χ4v) is 0.329. The first kappa shape index (κ1) is 9.80. The molecule has 10 heavy (non-hydrogen) atoms. The molecule has 0 aromatic carbocycles. The summed E-state index contributed by atoms with van der Waals surface area (Å²) >= 11 is 0. The number of ether oxygens (including phenoxy) is 2. The Balaban J connectivity index is 2.65. The van der Waals surface area contributed by atoms with E-state index in [9.17, 15) is 0 Å². The molecule has 0 aromatic rings. The molecule has 0 amide bonds. The van der Waals surface area contributed by atoms with Gasteiger partial charge in [-0.05, 0) is 0 Å². The van der Waals surface area contributed by atoms with E-state index in [1.54, 1.807) is 14.2 Å². The molecule has 0 aliphatic rings. The van der Waals surface area contributed by atoms with E-state index in [1.807, 2.05) is 0 Å². The van der Waals surface area contributed by atoms with Gasteiger partial charge in [-0.25, -0.2) is 5.43 Å². The van der Waals surface area contributed by atoms with Crippen molar-refractivity contribution in [1.82, 2.24) is 11.0 Å². The van der Waals surface area contributed by atoms with Crippen LogP contribution >= 0.6 is 0 Å². The van der Waals surface area contributed by atoms with E-state index in [1.165, 1.54) is 0 Å². The maximum Gasteiger partial charge on any atom is 0.111 e. The third kappa shape index (κ3) is 7.80. The molecule has 0 heterocycles. The van der Waals surface area contributed by atoms with Crippen molar-refractivity contribution in [3.8, 4) is 0 Å². The van der Waals surface area contributed by atoms with Crippen LogP contribution in [0, 0.1) is 0 Å². The Kier molecular flexibility index (Phi) is 8.62. The van der Waals surface area contributed by atoms with Crippen molar-refractivity contribution < 1.29 is 14.3 Å². The van der Waals surface area contributed by atoms with Crippen LogP contribution in [0.3, 0.4) is 0 Å². The van der Waals surface area contributed by atoms with Crippen LogP contribution in [0.1, 0.15) is 0 Å². The molecule has 0 unspecified atom stereocenters. The molecule has 0 atom stereocenters. The van der Waals surface area contributed by atoms with Gasteiger partial charge in [-0.2, -0.15) is 0 Å². The number of hydrogen-bond donors (Lipinski definition) is 2. The lowest BCUT2D eigenvalue weighted by Crippen LogP contribution is -2.34. The van der Waals surface area contributed by atoms with Gasteiger partial charge in [0, 0.05) is 14.2 Å². The number of hydrazine groups is 1. The van der Waals surface area contributed by atoms with Gasteiger partial charge in [0.25, 0.3) is 0 Å². The van der Waals surface area contributed by atoms with Crippen LogP contribution in [0.2, 0.25) is 0 Å². The minimum absolute atomic E-state index is 0.410. The zero-order valence-electron chi connectivity index (χ0n) is 6.35. The molecule has 0 fully saturated rings. The number of hydrogen-bond acceptors (Lipinski definition) is 5. The van der Waals surface area contributed by atoms with Crippen LogP contribution in [0.5, 0.6) is 0 Å². The summed E-state index contributed by atoms with van der Waals surface area (Å²) in [6.07, 6.45) is 0. The average Bonchev–Trinajstić information content (AvgIpc) is 1.97. The van der Waals surface area contributed by atoms with Gasteiger partial charge in [0.05, 0.1) is 13.2 Å². The molecule has 62 valence electrons. The van der Waals surface area contributed by atoms with Crippen LogP contribution in [-0.4, -0.2) is 34.2 Å². The van der Waals surface area contributed by atoms with Gasteiger partial charge < -0.3 is 9.47 Å². The van der Waals surface area contributed by atoms with E-state index in [2.05, 4.69) is 15.8 Å². The fourth-order valence-electron chi connectivity index (χ4n) is 0.329. The molecule has 2 N–H and O–H groups in total. The summed E-state index contributed by atoms with van der Waals surface area (Å²) in [6, 6.07) is 0. The van der Waals surface area contributed by atoms with Gasteiger partial charge in [-0.1, -0.05) is 0 Å². The third-order valence-electron chi connectivity index (χ3n) is 0.750. The van der Waals surface area contributed by atoms with E-state index in [4.69, 9.17) is 9.57 Å². The summed E-state index contributed by atoms with van der Waals surface area (Å²) in [5.41, 5.74) is 5.11. The maximum atomic E-state index is 4.81. The normalized spacial score (nSPS) is 10.2. The minimum atomic E-state index is 0.410. The standard InChI is InChI=1S/C5H14N2O3/c1-8-3-4-10-7-6-5-9-2/h6-7H,3-5H2,1-2H3. The highest BCUT2D eigenvalue weighted by molar-refractivity contribution is 4.20. The molecule has 0 rings (SSSR count). The second-order valence-corrected chi connectivity index (χ2v) is 1.55. The zero-order valence-corrected chi connectivity index (χ0v) is 6.35. The van der Waals surface area contributed by atoms with E-state index < -0.39 is 0 Å². The lowest BCUT2D eigenvalue weighted by Gasteiger charge is -2.04. The second-order valence-electron chi connectivity index (χ2n) is 1.55.